The summed E-state index contributed by atoms with van der Waals surface area (Å²) in [6, 6.07) is 3.70. The monoisotopic (exact) mass is 176 g/mol. The highest BCUT2D eigenvalue weighted by Crippen LogP contribution is 2.15. The maximum absolute atomic E-state index is 8.73. The van der Waals surface area contributed by atoms with Gasteiger partial charge >= 0.3 is 0 Å². The number of pyridine rings is 1. The van der Waals surface area contributed by atoms with Crippen molar-refractivity contribution in [3.8, 4) is 11.8 Å². The van der Waals surface area contributed by atoms with Gasteiger partial charge in [0.05, 0.1) is 18.4 Å². The van der Waals surface area contributed by atoms with Crippen molar-refractivity contribution in [1.82, 2.24) is 4.98 Å². The van der Waals surface area contributed by atoms with E-state index in [1.807, 2.05) is 0 Å². The van der Waals surface area contributed by atoms with Gasteiger partial charge in [-0.25, -0.2) is 0 Å². The summed E-state index contributed by atoms with van der Waals surface area (Å²) in [7, 11) is 0. The molecule has 1 heterocycles. The highest BCUT2D eigenvalue weighted by Gasteiger charge is 2.02. The summed E-state index contributed by atoms with van der Waals surface area (Å²) < 4.78 is 5.40. The Kier molecular flexibility index (Phi) is 3.27. The van der Waals surface area contributed by atoms with Crippen LogP contribution in [0.25, 0.3) is 0 Å². The molecular weight excluding hydrogens is 164 g/mol. The lowest BCUT2D eigenvalue weighted by Crippen LogP contribution is -2.05. The Hall–Kier alpha value is -1.56. The van der Waals surface area contributed by atoms with E-state index in [4.69, 9.17) is 10.00 Å². The predicted octanol–water partition coefficient (Wildman–Crippen LogP) is 1.99. The number of ether oxygens (including phenoxy) is 1. The minimum Gasteiger partial charge on any atom is -0.490 e. The quantitative estimate of drug-likeness (QED) is 0.707. The topological polar surface area (TPSA) is 45.9 Å². The molecule has 0 saturated carbocycles. The van der Waals surface area contributed by atoms with E-state index in [9.17, 15) is 0 Å². The van der Waals surface area contributed by atoms with Crippen LogP contribution in [0.15, 0.2) is 18.5 Å². The summed E-state index contributed by atoms with van der Waals surface area (Å²) in [6.45, 7) is 4.73. The number of hydrogen-bond acceptors (Lipinski definition) is 3. The molecule has 0 radical (unpaired) electrons. The molecule has 0 atom stereocenters. The van der Waals surface area contributed by atoms with Crippen LogP contribution < -0.4 is 4.74 Å². The summed E-state index contributed by atoms with van der Waals surface area (Å²) in [4.78, 5) is 3.90. The molecule has 0 aliphatic heterocycles. The van der Waals surface area contributed by atoms with Gasteiger partial charge in [0.15, 0.2) is 5.75 Å². The van der Waals surface area contributed by atoms with Crippen LogP contribution in [-0.2, 0) is 0 Å². The van der Waals surface area contributed by atoms with Crippen molar-refractivity contribution in [2.45, 2.75) is 13.8 Å². The van der Waals surface area contributed by atoms with Crippen molar-refractivity contribution in [1.29, 1.82) is 5.26 Å². The normalized spacial score (nSPS) is 9.69. The molecule has 3 heteroatoms. The highest BCUT2D eigenvalue weighted by atomic mass is 16.5. The van der Waals surface area contributed by atoms with Gasteiger partial charge in [-0.1, -0.05) is 13.8 Å². The van der Waals surface area contributed by atoms with Gasteiger partial charge in [0, 0.05) is 6.20 Å². The average molecular weight is 176 g/mol. The SMILES string of the molecule is CC(C)COc1cnccc1C#N. The molecule has 0 amide bonds. The van der Waals surface area contributed by atoms with E-state index in [-0.39, 0.29) is 0 Å². The fraction of sp³-hybridized carbons (Fsp3) is 0.400. The van der Waals surface area contributed by atoms with Crippen molar-refractivity contribution in [2.75, 3.05) is 6.61 Å². The Balaban J connectivity index is 2.71. The third kappa shape index (κ3) is 2.75. The lowest BCUT2D eigenvalue weighted by Gasteiger charge is -2.08. The van der Waals surface area contributed by atoms with Gasteiger partial charge in [-0.2, -0.15) is 5.26 Å². The lowest BCUT2D eigenvalue weighted by atomic mass is 10.2. The number of nitriles is 1. The van der Waals surface area contributed by atoms with Crippen LogP contribution in [0.5, 0.6) is 5.75 Å². The van der Waals surface area contributed by atoms with Crippen molar-refractivity contribution in [3.63, 3.8) is 0 Å². The molecule has 1 aromatic heterocycles. The molecule has 0 N–H and O–H groups in total. The second-order valence-electron chi connectivity index (χ2n) is 3.19. The van der Waals surface area contributed by atoms with Gasteiger partial charge in [-0.3, -0.25) is 4.98 Å². The van der Waals surface area contributed by atoms with Gasteiger partial charge < -0.3 is 4.74 Å². The van der Waals surface area contributed by atoms with Gasteiger partial charge in [-0.15, -0.1) is 0 Å². The molecular formula is C10H12N2O. The van der Waals surface area contributed by atoms with Crippen molar-refractivity contribution >= 4 is 0 Å². The van der Waals surface area contributed by atoms with Gasteiger partial charge in [-0.05, 0) is 12.0 Å². The molecule has 1 rings (SSSR count). The van der Waals surface area contributed by atoms with E-state index in [2.05, 4.69) is 24.9 Å². The predicted molar refractivity (Wildman–Crippen MR) is 49.3 cm³/mol. The standard InChI is InChI=1S/C10H12N2O/c1-8(2)7-13-10-6-12-4-3-9(10)5-11/h3-4,6,8H,7H2,1-2H3. The van der Waals surface area contributed by atoms with E-state index in [0.717, 1.165) is 0 Å². The Morgan fingerprint density at radius 3 is 3.00 bits per heavy atom. The van der Waals surface area contributed by atoms with Crippen LogP contribution in [0.4, 0.5) is 0 Å². The van der Waals surface area contributed by atoms with Crippen molar-refractivity contribution in [3.05, 3.63) is 24.0 Å². The maximum Gasteiger partial charge on any atom is 0.155 e. The molecule has 68 valence electrons. The van der Waals surface area contributed by atoms with Crippen molar-refractivity contribution < 1.29 is 4.74 Å². The second-order valence-corrected chi connectivity index (χ2v) is 3.19. The summed E-state index contributed by atoms with van der Waals surface area (Å²) in [5.41, 5.74) is 0.538. The smallest absolute Gasteiger partial charge is 0.155 e. The summed E-state index contributed by atoms with van der Waals surface area (Å²) in [5.74, 6) is 1.02. The average Bonchev–Trinajstić information content (AvgIpc) is 2.15. The van der Waals surface area contributed by atoms with Crippen LogP contribution in [-0.4, -0.2) is 11.6 Å². The molecule has 3 nitrogen and oxygen atoms in total. The first-order valence-electron chi connectivity index (χ1n) is 4.21. The first-order chi connectivity index (χ1) is 6.24. The molecule has 0 saturated heterocycles. The van der Waals surface area contributed by atoms with E-state index in [1.54, 1.807) is 18.5 Å². The van der Waals surface area contributed by atoms with Crippen LogP contribution >= 0.6 is 0 Å². The number of nitrogens with zero attached hydrogens (tertiary/aromatic N) is 2. The van der Waals surface area contributed by atoms with E-state index >= 15 is 0 Å². The second kappa shape index (κ2) is 4.46. The Morgan fingerprint density at radius 2 is 2.38 bits per heavy atom. The summed E-state index contributed by atoms with van der Waals surface area (Å²) >= 11 is 0. The minimum absolute atomic E-state index is 0.451. The first kappa shape index (κ1) is 9.53. The third-order valence-electron chi connectivity index (χ3n) is 1.48. The lowest BCUT2D eigenvalue weighted by molar-refractivity contribution is 0.269. The Labute approximate surface area is 78.0 Å². The third-order valence-corrected chi connectivity index (χ3v) is 1.48. The fourth-order valence-corrected chi connectivity index (χ4v) is 0.844. The number of rotatable bonds is 3. The zero-order valence-corrected chi connectivity index (χ0v) is 7.82. The molecule has 13 heavy (non-hydrogen) atoms. The molecule has 0 fully saturated rings. The zero-order chi connectivity index (χ0) is 9.68. The van der Waals surface area contributed by atoms with E-state index in [1.165, 1.54) is 0 Å². The van der Waals surface area contributed by atoms with Gasteiger partial charge in [0.1, 0.15) is 6.07 Å². The zero-order valence-electron chi connectivity index (χ0n) is 7.82. The Morgan fingerprint density at radius 1 is 1.62 bits per heavy atom. The summed E-state index contributed by atoms with van der Waals surface area (Å²) in [5, 5.41) is 8.73. The van der Waals surface area contributed by atoms with Crippen LogP contribution in [0.1, 0.15) is 19.4 Å². The molecule has 0 aliphatic carbocycles. The largest absolute Gasteiger partial charge is 0.490 e. The maximum atomic E-state index is 8.73. The Bertz CT molecular complexity index is 315. The van der Waals surface area contributed by atoms with Crippen LogP contribution in [0, 0.1) is 17.2 Å². The van der Waals surface area contributed by atoms with E-state index in [0.29, 0.717) is 23.8 Å². The minimum atomic E-state index is 0.451. The number of hydrogen-bond donors (Lipinski definition) is 0. The molecule has 0 spiro atoms. The van der Waals surface area contributed by atoms with Gasteiger partial charge in [0.25, 0.3) is 0 Å². The fourth-order valence-electron chi connectivity index (χ4n) is 0.844. The van der Waals surface area contributed by atoms with E-state index < -0.39 is 0 Å². The highest BCUT2D eigenvalue weighted by molar-refractivity contribution is 5.40. The molecule has 0 unspecified atom stereocenters. The first-order valence-corrected chi connectivity index (χ1v) is 4.21. The molecule has 0 bridgehead atoms. The van der Waals surface area contributed by atoms with Crippen LogP contribution in [0.2, 0.25) is 0 Å². The van der Waals surface area contributed by atoms with Gasteiger partial charge in [0.2, 0.25) is 0 Å². The number of aromatic nitrogens is 1. The van der Waals surface area contributed by atoms with Crippen molar-refractivity contribution in [2.24, 2.45) is 5.92 Å². The molecule has 1 aromatic rings. The summed E-state index contributed by atoms with van der Waals surface area (Å²) in [6.07, 6.45) is 3.15. The molecule has 0 aromatic carbocycles. The van der Waals surface area contributed by atoms with Crippen LogP contribution in [0.3, 0.4) is 0 Å². The molecule has 0 aliphatic rings.